The lowest BCUT2D eigenvalue weighted by atomic mass is 10.1. The van der Waals surface area contributed by atoms with Crippen LogP contribution < -0.4 is 4.72 Å². The molecule has 0 aromatic heterocycles. The van der Waals surface area contributed by atoms with Crippen LogP contribution in [-0.4, -0.2) is 36.5 Å². The summed E-state index contributed by atoms with van der Waals surface area (Å²) in [4.78, 5) is 10.8. The lowest BCUT2D eigenvalue weighted by Crippen LogP contribution is -2.36. The number of hydrogen-bond acceptors (Lipinski definition) is 4. The number of nitrogens with one attached hydrogen (secondary N) is 1. The molecule has 0 amide bonds. The van der Waals surface area contributed by atoms with E-state index in [0.29, 0.717) is 6.54 Å². The molecular formula is C13H17NO4S2. The number of carboxylic acids is 1. The Morgan fingerprint density at radius 2 is 2.05 bits per heavy atom. The summed E-state index contributed by atoms with van der Waals surface area (Å²) in [6, 6.07) is 5.22. The van der Waals surface area contributed by atoms with Gasteiger partial charge in [-0.15, -0.1) is 0 Å². The van der Waals surface area contributed by atoms with Crippen LogP contribution in [0.15, 0.2) is 29.2 Å². The number of sulfonamides is 1. The fourth-order valence-corrected chi connectivity index (χ4v) is 4.59. The second kappa shape index (κ2) is 5.75. The molecule has 110 valence electrons. The van der Waals surface area contributed by atoms with Crippen LogP contribution in [0.1, 0.15) is 30.1 Å². The minimum atomic E-state index is -3.58. The normalized spacial score (nSPS) is 22.9. The molecule has 1 fully saturated rings. The molecule has 1 aliphatic rings. The molecule has 0 saturated carbocycles. The van der Waals surface area contributed by atoms with Crippen molar-refractivity contribution < 1.29 is 18.3 Å². The van der Waals surface area contributed by atoms with E-state index in [2.05, 4.69) is 11.6 Å². The zero-order chi connectivity index (χ0) is 14.8. The van der Waals surface area contributed by atoms with Gasteiger partial charge in [0.2, 0.25) is 10.0 Å². The van der Waals surface area contributed by atoms with Crippen molar-refractivity contribution in [1.29, 1.82) is 0 Å². The number of benzene rings is 1. The zero-order valence-electron chi connectivity index (χ0n) is 11.1. The SMILES string of the molecule is CC1(CNS(=O)(=O)c2ccc(C(=O)O)cc2)CCCS1. The quantitative estimate of drug-likeness (QED) is 0.867. The molecule has 1 aliphatic heterocycles. The summed E-state index contributed by atoms with van der Waals surface area (Å²) in [5.41, 5.74) is 0.0715. The minimum Gasteiger partial charge on any atom is -0.478 e. The van der Waals surface area contributed by atoms with Gasteiger partial charge in [0.25, 0.3) is 0 Å². The zero-order valence-corrected chi connectivity index (χ0v) is 12.8. The second-order valence-electron chi connectivity index (χ2n) is 5.06. The maximum Gasteiger partial charge on any atom is 0.335 e. The Kier molecular flexibility index (Phi) is 4.41. The van der Waals surface area contributed by atoms with Gasteiger partial charge in [-0.05, 0) is 49.8 Å². The van der Waals surface area contributed by atoms with Gasteiger partial charge < -0.3 is 5.11 Å². The summed E-state index contributed by atoms with van der Waals surface area (Å²) in [5, 5.41) is 8.79. The average molecular weight is 315 g/mol. The van der Waals surface area contributed by atoms with E-state index < -0.39 is 16.0 Å². The van der Waals surface area contributed by atoms with Gasteiger partial charge in [-0.2, -0.15) is 11.8 Å². The number of thioether (sulfide) groups is 1. The van der Waals surface area contributed by atoms with Gasteiger partial charge in [-0.1, -0.05) is 0 Å². The minimum absolute atomic E-state index is 0.0475. The van der Waals surface area contributed by atoms with Gasteiger partial charge in [-0.25, -0.2) is 17.9 Å². The lowest BCUT2D eigenvalue weighted by molar-refractivity contribution is 0.0696. The van der Waals surface area contributed by atoms with Crippen LogP contribution >= 0.6 is 11.8 Å². The van der Waals surface area contributed by atoms with Gasteiger partial charge in [0.05, 0.1) is 10.5 Å². The molecular weight excluding hydrogens is 298 g/mol. The second-order valence-corrected chi connectivity index (χ2v) is 8.51. The van der Waals surface area contributed by atoms with Crippen LogP contribution in [0.2, 0.25) is 0 Å². The first-order valence-electron chi connectivity index (χ1n) is 6.29. The van der Waals surface area contributed by atoms with Crippen molar-refractivity contribution >= 4 is 27.8 Å². The highest BCUT2D eigenvalue weighted by atomic mass is 32.2. The molecule has 2 N–H and O–H groups in total. The van der Waals surface area contributed by atoms with Crippen LogP contribution in [0.3, 0.4) is 0 Å². The molecule has 1 saturated heterocycles. The van der Waals surface area contributed by atoms with Crippen molar-refractivity contribution in [2.24, 2.45) is 0 Å². The Labute approximate surface area is 122 Å². The van der Waals surface area contributed by atoms with Crippen molar-refractivity contribution in [2.45, 2.75) is 29.4 Å². The topological polar surface area (TPSA) is 83.5 Å². The van der Waals surface area contributed by atoms with E-state index in [1.165, 1.54) is 24.3 Å². The Morgan fingerprint density at radius 3 is 2.55 bits per heavy atom. The molecule has 1 aromatic carbocycles. The lowest BCUT2D eigenvalue weighted by Gasteiger charge is -2.22. The van der Waals surface area contributed by atoms with Crippen molar-refractivity contribution in [3.63, 3.8) is 0 Å². The summed E-state index contributed by atoms with van der Waals surface area (Å²) in [6.45, 7) is 2.45. The van der Waals surface area contributed by atoms with Crippen LogP contribution in [0.4, 0.5) is 0 Å². The molecule has 1 aromatic rings. The third-order valence-electron chi connectivity index (χ3n) is 3.35. The first-order chi connectivity index (χ1) is 9.32. The fourth-order valence-electron chi connectivity index (χ4n) is 2.08. The largest absolute Gasteiger partial charge is 0.478 e. The first-order valence-corrected chi connectivity index (χ1v) is 8.76. The molecule has 5 nitrogen and oxygen atoms in total. The molecule has 0 bridgehead atoms. The summed E-state index contributed by atoms with van der Waals surface area (Å²) in [5.74, 6) is -0.0114. The number of carbonyl (C=O) groups is 1. The van der Waals surface area contributed by atoms with Crippen LogP contribution in [0.5, 0.6) is 0 Å². The summed E-state index contributed by atoms with van der Waals surface area (Å²) < 4.78 is 26.9. The number of hydrogen-bond donors (Lipinski definition) is 2. The number of aromatic carboxylic acids is 1. The monoisotopic (exact) mass is 315 g/mol. The molecule has 1 atom stereocenters. The highest BCUT2D eigenvalue weighted by molar-refractivity contribution is 8.01. The maximum atomic E-state index is 12.1. The van der Waals surface area contributed by atoms with E-state index in [0.717, 1.165) is 18.6 Å². The first kappa shape index (κ1) is 15.3. The Balaban J connectivity index is 2.08. The molecule has 0 spiro atoms. The predicted octanol–water partition coefficient (Wildman–Crippen LogP) is 1.95. The van der Waals surface area contributed by atoms with E-state index in [1.807, 2.05) is 0 Å². The predicted molar refractivity (Wildman–Crippen MR) is 78.7 cm³/mol. The summed E-state index contributed by atoms with van der Waals surface area (Å²) in [7, 11) is -3.58. The maximum absolute atomic E-state index is 12.1. The molecule has 1 heterocycles. The Morgan fingerprint density at radius 1 is 1.40 bits per heavy atom. The molecule has 0 radical (unpaired) electrons. The van der Waals surface area contributed by atoms with Crippen LogP contribution in [0, 0.1) is 0 Å². The Hall–Kier alpha value is -1.05. The highest BCUT2D eigenvalue weighted by Gasteiger charge is 2.31. The molecule has 0 aliphatic carbocycles. The van der Waals surface area contributed by atoms with Gasteiger partial charge in [0.1, 0.15) is 0 Å². The van der Waals surface area contributed by atoms with Gasteiger partial charge >= 0.3 is 5.97 Å². The van der Waals surface area contributed by atoms with Crippen LogP contribution in [0.25, 0.3) is 0 Å². The van der Waals surface area contributed by atoms with E-state index in [1.54, 1.807) is 11.8 Å². The molecule has 2 rings (SSSR count). The average Bonchev–Trinajstić information content (AvgIpc) is 2.84. The standard InChI is InChI=1S/C13H17NO4S2/c1-13(7-2-8-19-13)9-14-20(17,18)11-5-3-10(4-6-11)12(15)16/h3-6,14H,2,7-9H2,1H3,(H,15,16). The Bertz CT molecular complexity index is 589. The van der Waals surface area contributed by atoms with Gasteiger partial charge in [0.15, 0.2) is 0 Å². The highest BCUT2D eigenvalue weighted by Crippen LogP contribution is 2.37. The summed E-state index contributed by atoms with van der Waals surface area (Å²) >= 11 is 1.78. The smallest absolute Gasteiger partial charge is 0.335 e. The van der Waals surface area contributed by atoms with Crippen molar-refractivity contribution in [3.05, 3.63) is 29.8 Å². The summed E-state index contributed by atoms with van der Waals surface area (Å²) in [6.07, 6.45) is 2.11. The van der Waals surface area contributed by atoms with Crippen LogP contribution in [-0.2, 0) is 10.0 Å². The van der Waals surface area contributed by atoms with E-state index in [-0.39, 0.29) is 15.2 Å². The van der Waals surface area contributed by atoms with E-state index >= 15 is 0 Å². The third-order valence-corrected chi connectivity index (χ3v) is 6.30. The van der Waals surface area contributed by atoms with Crippen molar-refractivity contribution in [1.82, 2.24) is 4.72 Å². The fraction of sp³-hybridized carbons (Fsp3) is 0.462. The van der Waals surface area contributed by atoms with Gasteiger partial charge in [-0.3, -0.25) is 0 Å². The van der Waals surface area contributed by atoms with Gasteiger partial charge in [0, 0.05) is 11.3 Å². The molecule has 1 unspecified atom stereocenters. The molecule has 7 heteroatoms. The van der Waals surface area contributed by atoms with Crippen molar-refractivity contribution in [2.75, 3.05) is 12.3 Å². The molecule has 20 heavy (non-hydrogen) atoms. The third kappa shape index (κ3) is 3.53. The van der Waals surface area contributed by atoms with E-state index in [4.69, 9.17) is 5.11 Å². The number of rotatable bonds is 5. The number of carboxylic acid groups (broad SMARTS) is 1. The van der Waals surface area contributed by atoms with E-state index in [9.17, 15) is 13.2 Å². The van der Waals surface area contributed by atoms with Crippen molar-refractivity contribution in [3.8, 4) is 0 Å².